The fourth-order valence-electron chi connectivity index (χ4n) is 2.39. The molecule has 1 atom stereocenters. The summed E-state index contributed by atoms with van der Waals surface area (Å²) < 4.78 is 5.32. The number of guanidine groups is 1. The maximum atomic E-state index is 11.6. The Morgan fingerprint density at radius 3 is 2.58 bits per heavy atom. The molecule has 1 aliphatic rings. The Labute approximate surface area is 145 Å². The number of hydrogen-bond acceptors (Lipinski definition) is 5. The molecule has 140 valence electrons. The van der Waals surface area contributed by atoms with Crippen LogP contribution in [0.2, 0.25) is 0 Å². The van der Waals surface area contributed by atoms with Gasteiger partial charge in [-0.05, 0) is 13.8 Å². The van der Waals surface area contributed by atoms with E-state index in [9.17, 15) is 9.90 Å². The van der Waals surface area contributed by atoms with E-state index in [0.29, 0.717) is 45.2 Å². The Kier molecular flexibility index (Phi) is 9.02. The molecule has 24 heavy (non-hydrogen) atoms. The van der Waals surface area contributed by atoms with Gasteiger partial charge in [-0.2, -0.15) is 0 Å². The van der Waals surface area contributed by atoms with Crippen molar-refractivity contribution in [1.82, 2.24) is 20.4 Å². The molecule has 1 unspecified atom stereocenters. The van der Waals surface area contributed by atoms with Crippen LogP contribution in [0.3, 0.4) is 0 Å². The zero-order chi connectivity index (χ0) is 18.0. The molecule has 0 radical (unpaired) electrons. The fourth-order valence-corrected chi connectivity index (χ4v) is 2.39. The van der Waals surface area contributed by atoms with Gasteiger partial charge < -0.3 is 25.4 Å². The van der Waals surface area contributed by atoms with Crippen LogP contribution in [0.4, 0.5) is 0 Å². The number of carbonyl (C=O) groups is 1. The standard InChI is InChI=1S/C16H33N5O3/c1-5-17-15(18-7-6-14(22)20(3)4)19-12-16(2,23)13-21-8-10-24-11-9-21/h23H,5-13H2,1-4H3,(H2,17,18,19). The van der Waals surface area contributed by atoms with Crippen LogP contribution >= 0.6 is 0 Å². The number of hydrogen-bond donors (Lipinski definition) is 3. The van der Waals surface area contributed by atoms with Crippen LogP contribution in [-0.4, -0.2) is 99.0 Å². The number of rotatable bonds is 8. The summed E-state index contributed by atoms with van der Waals surface area (Å²) in [4.78, 5) is 19.8. The van der Waals surface area contributed by atoms with E-state index >= 15 is 0 Å². The van der Waals surface area contributed by atoms with Crippen LogP contribution < -0.4 is 10.6 Å². The number of carbonyl (C=O) groups excluding carboxylic acids is 1. The molecular formula is C16H33N5O3. The lowest BCUT2D eigenvalue weighted by Gasteiger charge is -2.33. The molecule has 0 aromatic heterocycles. The van der Waals surface area contributed by atoms with Crippen LogP contribution in [0.25, 0.3) is 0 Å². The van der Waals surface area contributed by atoms with Crippen LogP contribution in [0.15, 0.2) is 4.99 Å². The normalized spacial score (nSPS) is 18.8. The Balaban J connectivity index is 2.45. The number of ether oxygens (including phenoxy) is 1. The van der Waals surface area contributed by atoms with E-state index in [0.717, 1.165) is 19.6 Å². The summed E-state index contributed by atoms with van der Waals surface area (Å²) in [5, 5.41) is 16.8. The first-order valence-corrected chi connectivity index (χ1v) is 8.59. The largest absolute Gasteiger partial charge is 0.387 e. The second-order valence-corrected chi connectivity index (χ2v) is 6.55. The lowest BCUT2D eigenvalue weighted by Crippen LogP contribution is -2.48. The number of amides is 1. The topological polar surface area (TPSA) is 89.4 Å². The minimum Gasteiger partial charge on any atom is -0.387 e. The third-order valence-electron chi connectivity index (χ3n) is 3.72. The fraction of sp³-hybridized carbons (Fsp3) is 0.875. The Hall–Kier alpha value is -1.38. The van der Waals surface area contributed by atoms with E-state index in [4.69, 9.17) is 4.74 Å². The zero-order valence-corrected chi connectivity index (χ0v) is 15.5. The molecule has 1 heterocycles. The van der Waals surface area contributed by atoms with Gasteiger partial charge in [0.25, 0.3) is 0 Å². The molecule has 1 aliphatic heterocycles. The monoisotopic (exact) mass is 343 g/mol. The van der Waals surface area contributed by atoms with Gasteiger partial charge in [0.05, 0.1) is 25.4 Å². The summed E-state index contributed by atoms with van der Waals surface area (Å²) >= 11 is 0. The van der Waals surface area contributed by atoms with E-state index in [1.807, 2.05) is 6.92 Å². The molecule has 1 amide bonds. The molecule has 1 rings (SSSR count). The summed E-state index contributed by atoms with van der Waals surface area (Å²) in [5.74, 6) is 0.684. The van der Waals surface area contributed by atoms with Crippen molar-refractivity contribution in [2.24, 2.45) is 4.99 Å². The smallest absolute Gasteiger partial charge is 0.223 e. The Bertz CT molecular complexity index is 407. The highest BCUT2D eigenvalue weighted by atomic mass is 16.5. The van der Waals surface area contributed by atoms with Crippen LogP contribution in [0.1, 0.15) is 20.3 Å². The summed E-state index contributed by atoms with van der Waals surface area (Å²) in [6, 6.07) is 0. The average Bonchev–Trinajstić information content (AvgIpc) is 2.53. The van der Waals surface area contributed by atoms with Gasteiger partial charge in [0.15, 0.2) is 5.96 Å². The van der Waals surface area contributed by atoms with Gasteiger partial charge >= 0.3 is 0 Å². The molecule has 0 aromatic carbocycles. The number of morpholine rings is 1. The summed E-state index contributed by atoms with van der Waals surface area (Å²) in [5.41, 5.74) is -0.904. The van der Waals surface area contributed by atoms with E-state index < -0.39 is 5.60 Å². The minimum atomic E-state index is -0.904. The third kappa shape index (κ3) is 8.47. The zero-order valence-electron chi connectivity index (χ0n) is 15.5. The second kappa shape index (κ2) is 10.5. The highest BCUT2D eigenvalue weighted by molar-refractivity contribution is 5.81. The van der Waals surface area contributed by atoms with E-state index in [1.165, 1.54) is 0 Å². The Morgan fingerprint density at radius 1 is 1.33 bits per heavy atom. The molecule has 8 nitrogen and oxygen atoms in total. The first kappa shape index (κ1) is 20.7. The van der Waals surface area contributed by atoms with Gasteiger partial charge in [-0.3, -0.25) is 14.7 Å². The molecular weight excluding hydrogens is 310 g/mol. The molecule has 8 heteroatoms. The van der Waals surface area contributed by atoms with Crippen molar-refractivity contribution in [3.8, 4) is 0 Å². The van der Waals surface area contributed by atoms with Gasteiger partial charge in [-0.1, -0.05) is 0 Å². The van der Waals surface area contributed by atoms with E-state index in [2.05, 4.69) is 20.5 Å². The first-order valence-electron chi connectivity index (χ1n) is 8.59. The quantitative estimate of drug-likeness (QED) is 0.391. The number of nitrogens with zero attached hydrogens (tertiary/aromatic N) is 3. The van der Waals surface area contributed by atoms with Crippen LogP contribution in [0.5, 0.6) is 0 Å². The number of aliphatic hydroxyl groups is 1. The molecule has 1 fully saturated rings. The number of nitrogens with one attached hydrogen (secondary N) is 2. The maximum absolute atomic E-state index is 11.6. The van der Waals surface area contributed by atoms with E-state index in [-0.39, 0.29) is 5.91 Å². The molecule has 1 saturated heterocycles. The first-order chi connectivity index (χ1) is 11.3. The van der Waals surface area contributed by atoms with Crippen molar-refractivity contribution in [2.45, 2.75) is 25.9 Å². The van der Waals surface area contributed by atoms with Gasteiger partial charge in [-0.15, -0.1) is 0 Å². The average molecular weight is 343 g/mol. The van der Waals surface area contributed by atoms with Gasteiger partial charge in [0, 0.05) is 53.2 Å². The molecule has 3 N–H and O–H groups in total. The number of β-amino-alcohol motifs (C(OH)–C–C–N with tert-alkyl or cyclic N) is 1. The van der Waals surface area contributed by atoms with Crippen molar-refractivity contribution in [3.05, 3.63) is 0 Å². The van der Waals surface area contributed by atoms with Crippen molar-refractivity contribution in [3.63, 3.8) is 0 Å². The summed E-state index contributed by atoms with van der Waals surface area (Å²) in [6.07, 6.45) is 0.404. The maximum Gasteiger partial charge on any atom is 0.223 e. The molecule has 0 aromatic rings. The predicted octanol–water partition coefficient (Wildman–Crippen LogP) is -0.897. The second-order valence-electron chi connectivity index (χ2n) is 6.55. The highest BCUT2D eigenvalue weighted by Crippen LogP contribution is 2.09. The lowest BCUT2D eigenvalue weighted by molar-refractivity contribution is -0.128. The van der Waals surface area contributed by atoms with E-state index in [1.54, 1.807) is 25.9 Å². The van der Waals surface area contributed by atoms with Crippen molar-refractivity contribution in [1.29, 1.82) is 0 Å². The minimum absolute atomic E-state index is 0.0673. The van der Waals surface area contributed by atoms with Gasteiger partial charge in [-0.25, -0.2) is 0 Å². The van der Waals surface area contributed by atoms with Gasteiger partial charge in [0.2, 0.25) is 5.91 Å². The van der Waals surface area contributed by atoms with Gasteiger partial charge in [0.1, 0.15) is 0 Å². The SMILES string of the molecule is CCNC(=NCC(C)(O)CN1CCOCC1)NCCC(=O)N(C)C. The molecule has 0 bridgehead atoms. The van der Waals surface area contributed by atoms with Crippen molar-refractivity contribution < 1.29 is 14.6 Å². The molecule has 0 spiro atoms. The number of aliphatic imine (C=N–C) groups is 1. The molecule has 0 saturated carbocycles. The summed E-state index contributed by atoms with van der Waals surface area (Å²) in [7, 11) is 3.48. The van der Waals surface area contributed by atoms with Crippen molar-refractivity contribution in [2.75, 3.05) is 66.6 Å². The molecule has 0 aliphatic carbocycles. The third-order valence-corrected chi connectivity index (χ3v) is 3.72. The van der Waals surface area contributed by atoms with Crippen LogP contribution in [-0.2, 0) is 9.53 Å². The Morgan fingerprint density at radius 2 is 2.00 bits per heavy atom. The summed E-state index contributed by atoms with van der Waals surface area (Å²) in [6.45, 7) is 8.97. The van der Waals surface area contributed by atoms with Crippen molar-refractivity contribution >= 4 is 11.9 Å². The lowest BCUT2D eigenvalue weighted by atomic mass is 10.1. The van der Waals surface area contributed by atoms with Crippen LogP contribution in [0, 0.1) is 0 Å². The highest BCUT2D eigenvalue weighted by Gasteiger charge is 2.25. The predicted molar refractivity (Wildman–Crippen MR) is 95.2 cm³/mol.